The minimum atomic E-state index is 0.496. The van der Waals surface area contributed by atoms with Gasteiger partial charge in [-0.15, -0.1) is 0 Å². The molecular formula is C13H26N2. The summed E-state index contributed by atoms with van der Waals surface area (Å²) in [6.07, 6.45) is 5.50. The van der Waals surface area contributed by atoms with E-state index in [-0.39, 0.29) is 0 Å². The average Bonchev–Trinajstić information content (AvgIpc) is 2.80. The second kappa shape index (κ2) is 4.42. The molecule has 0 aromatic rings. The van der Waals surface area contributed by atoms with Crippen molar-refractivity contribution in [2.75, 3.05) is 13.6 Å². The Bertz CT molecular complexity index is 215. The minimum absolute atomic E-state index is 0.496. The molecule has 88 valence electrons. The molecule has 2 heteroatoms. The van der Waals surface area contributed by atoms with Gasteiger partial charge in [-0.25, -0.2) is 0 Å². The number of rotatable bonds is 4. The first-order chi connectivity index (χ1) is 7.13. The van der Waals surface area contributed by atoms with Crippen molar-refractivity contribution in [1.29, 1.82) is 0 Å². The molecule has 5 unspecified atom stereocenters. The summed E-state index contributed by atoms with van der Waals surface area (Å²) in [5, 5.41) is 0. The van der Waals surface area contributed by atoms with Crippen LogP contribution in [0.25, 0.3) is 0 Å². The summed E-state index contributed by atoms with van der Waals surface area (Å²) in [5.41, 5.74) is 6.33. The Balaban J connectivity index is 1.89. The third kappa shape index (κ3) is 2.07. The quantitative estimate of drug-likeness (QED) is 0.770. The first kappa shape index (κ1) is 11.4. The Labute approximate surface area is 94.2 Å². The van der Waals surface area contributed by atoms with Crippen LogP contribution in [0.3, 0.4) is 0 Å². The van der Waals surface area contributed by atoms with E-state index in [0.717, 1.165) is 17.8 Å². The summed E-state index contributed by atoms with van der Waals surface area (Å²) in [6.45, 7) is 5.80. The topological polar surface area (TPSA) is 29.3 Å². The number of fused-ring (bicyclic) bond motifs is 2. The van der Waals surface area contributed by atoms with E-state index in [9.17, 15) is 0 Å². The molecule has 2 aliphatic carbocycles. The summed E-state index contributed by atoms with van der Waals surface area (Å²) >= 11 is 0. The van der Waals surface area contributed by atoms with E-state index < -0.39 is 0 Å². The van der Waals surface area contributed by atoms with Gasteiger partial charge in [-0.2, -0.15) is 0 Å². The van der Waals surface area contributed by atoms with Crippen molar-refractivity contribution in [3.05, 3.63) is 0 Å². The van der Waals surface area contributed by atoms with E-state index in [1.165, 1.54) is 32.2 Å². The predicted molar refractivity (Wildman–Crippen MR) is 64.7 cm³/mol. The van der Waals surface area contributed by atoms with Gasteiger partial charge >= 0.3 is 0 Å². The lowest BCUT2D eigenvalue weighted by Gasteiger charge is -2.34. The van der Waals surface area contributed by atoms with Crippen molar-refractivity contribution in [2.24, 2.45) is 23.5 Å². The summed E-state index contributed by atoms with van der Waals surface area (Å²) in [4.78, 5) is 2.51. The first-order valence-electron chi connectivity index (χ1n) is 6.59. The normalized spacial score (nSPS) is 41.4. The molecule has 2 N–H and O–H groups in total. The van der Waals surface area contributed by atoms with Gasteiger partial charge in [0.2, 0.25) is 0 Å². The van der Waals surface area contributed by atoms with Crippen LogP contribution in [0.1, 0.15) is 39.5 Å². The molecule has 2 fully saturated rings. The van der Waals surface area contributed by atoms with E-state index in [4.69, 9.17) is 5.73 Å². The maximum Gasteiger partial charge on any atom is 0.0111 e. The van der Waals surface area contributed by atoms with Crippen molar-refractivity contribution in [3.63, 3.8) is 0 Å². The Morgan fingerprint density at radius 2 is 2.00 bits per heavy atom. The Hall–Kier alpha value is -0.0800. The highest BCUT2D eigenvalue weighted by Gasteiger charge is 2.45. The monoisotopic (exact) mass is 210 g/mol. The van der Waals surface area contributed by atoms with Gasteiger partial charge in [0.15, 0.2) is 0 Å². The lowest BCUT2D eigenvalue weighted by Crippen LogP contribution is -2.43. The second-order valence-electron chi connectivity index (χ2n) is 5.77. The van der Waals surface area contributed by atoms with Crippen molar-refractivity contribution in [3.8, 4) is 0 Å². The van der Waals surface area contributed by atoms with Gasteiger partial charge in [0.25, 0.3) is 0 Å². The van der Waals surface area contributed by atoms with Gasteiger partial charge in [-0.1, -0.05) is 6.92 Å². The minimum Gasteiger partial charge on any atom is -0.327 e. The van der Waals surface area contributed by atoms with Gasteiger partial charge in [0.05, 0.1) is 0 Å². The van der Waals surface area contributed by atoms with Gasteiger partial charge in [0, 0.05) is 18.6 Å². The fourth-order valence-corrected chi connectivity index (χ4v) is 3.55. The zero-order chi connectivity index (χ0) is 11.0. The molecule has 0 spiro atoms. The first-order valence-corrected chi connectivity index (χ1v) is 6.59. The highest BCUT2D eigenvalue weighted by Crippen LogP contribution is 2.47. The molecule has 2 nitrogen and oxygen atoms in total. The summed E-state index contributed by atoms with van der Waals surface area (Å²) in [5.74, 6) is 2.57. The van der Waals surface area contributed by atoms with E-state index in [2.05, 4.69) is 25.8 Å². The number of hydrogen-bond donors (Lipinski definition) is 1. The molecule has 15 heavy (non-hydrogen) atoms. The molecular weight excluding hydrogens is 184 g/mol. The van der Waals surface area contributed by atoms with Crippen molar-refractivity contribution in [1.82, 2.24) is 4.90 Å². The molecule has 0 saturated heterocycles. The predicted octanol–water partition coefficient (Wildman–Crippen LogP) is 2.09. The van der Waals surface area contributed by atoms with Gasteiger partial charge in [-0.05, 0) is 57.4 Å². The van der Waals surface area contributed by atoms with E-state index in [1.54, 1.807) is 0 Å². The molecule has 0 heterocycles. The number of nitrogens with zero attached hydrogens (tertiary/aromatic N) is 1. The zero-order valence-electron chi connectivity index (χ0n) is 10.4. The van der Waals surface area contributed by atoms with Crippen LogP contribution in [0.15, 0.2) is 0 Å². The van der Waals surface area contributed by atoms with Crippen LogP contribution in [0.4, 0.5) is 0 Å². The summed E-state index contributed by atoms with van der Waals surface area (Å²) in [6, 6.07) is 1.20. The van der Waals surface area contributed by atoms with Crippen molar-refractivity contribution < 1.29 is 0 Å². The van der Waals surface area contributed by atoms with Crippen LogP contribution < -0.4 is 5.73 Å². The Morgan fingerprint density at radius 3 is 2.53 bits per heavy atom. The molecule has 5 atom stereocenters. The third-order valence-corrected chi connectivity index (χ3v) is 5.00. The molecule has 0 aliphatic heterocycles. The Kier molecular flexibility index (Phi) is 3.36. The van der Waals surface area contributed by atoms with E-state index >= 15 is 0 Å². The molecule has 2 aliphatic rings. The van der Waals surface area contributed by atoms with Crippen molar-refractivity contribution in [2.45, 2.75) is 51.6 Å². The second-order valence-corrected chi connectivity index (χ2v) is 5.77. The van der Waals surface area contributed by atoms with Crippen LogP contribution in [-0.2, 0) is 0 Å². The fraction of sp³-hybridized carbons (Fsp3) is 1.00. The van der Waals surface area contributed by atoms with E-state index in [1.807, 2.05) is 0 Å². The summed E-state index contributed by atoms with van der Waals surface area (Å²) in [7, 11) is 2.26. The lowest BCUT2D eigenvalue weighted by molar-refractivity contribution is 0.164. The fourth-order valence-electron chi connectivity index (χ4n) is 3.55. The third-order valence-electron chi connectivity index (χ3n) is 5.00. The lowest BCUT2D eigenvalue weighted by atomic mass is 9.84. The highest BCUT2D eigenvalue weighted by atomic mass is 15.1. The van der Waals surface area contributed by atoms with Crippen LogP contribution in [0, 0.1) is 17.8 Å². The summed E-state index contributed by atoms with van der Waals surface area (Å²) < 4.78 is 0. The maximum absolute atomic E-state index is 6.33. The molecule has 0 aromatic carbocycles. The van der Waals surface area contributed by atoms with Crippen LogP contribution >= 0.6 is 0 Å². The molecule has 2 bridgehead atoms. The van der Waals surface area contributed by atoms with Gasteiger partial charge < -0.3 is 10.6 Å². The SMILES string of the molecule is CCC(C)N(C)CC1C2CCC(C2)C1N. The van der Waals surface area contributed by atoms with Crippen LogP contribution in [0.2, 0.25) is 0 Å². The van der Waals surface area contributed by atoms with Crippen LogP contribution in [-0.4, -0.2) is 30.6 Å². The number of nitrogens with two attached hydrogens (primary N) is 1. The molecule has 0 aromatic heterocycles. The Morgan fingerprint density at radius 1 is 1.33 bits per heavy atom. The molecule has 2 rings (SSSR count). The van der Waals surface area contributed by atoms with Gasteiger partial charge in [0.1, 0.15) is 0 Å². The van der Waals surface area contributed by atoms with Crippen molar-refractivity contribution >= 4 is 0 Å². The smallest absolute Gasteiger partial charge is 0.0111 e. The largest absolute Gasteiger partial charge is 0.327 e. The molecule has 0 amide bonds. The molecule has 0 radical (unpaired) electrons. The zero-order valence-corrected chi connectivity index (χ0v) is 10.4. The average molecular weight is 210 g/mol. The van der Waals surface area contributed by atoms with E-state index in [0.29, 0.717) is 12.1 Å². The number of hydrogen-bond acceptors (Lipinski definition) is 2. The maximum atomic E-state index is 6.33. The standard InChI is InChI=1S/C13H26N2/c1-4-9(2)15(3)8-12-10-5-6-11(7-10)13(12)14/h9-13H,4-8,14H2,1-3H3. The van der Waals surface area contributed by atoms with Gasteiger partial charge in [-0.3, -0.25) is 0 Å². The highest BCUT2D eigenvalue weighted by molar-refractivity contribution is 4.99. The molecule has 2 saturated carbocycles. The van der Waals surface area contributed by atoms with Crippen LogP contribution in [0.5, 0.6) is 0 Å².